The molecule has 2 aliphatic rings. The number of ether oxygens (including phenoxy) is 2. The summed E-state index contributed by atoms with van der Waals surface area (Å²) in [6.45, 7) is 2.01. The van der Waals surface area contributed by atoms with E-state index in [9.17, 15) is 9.59 Å². The Kier molecular flexibility index (Phi) is 4.57. The Morgan fingerprint density at radius 2 is 2.04 bits per heavy atom. The Labute approximate surface area is 149 Å². The van der Waals surface area contributed by atoms with E-state index in [2.05, 4.69) is 5.32 Å². The SMILES string of the molecule is COc1cc(Cl)c(NC(=O)[C@H]2CS[C@@]3(C)CCC(=O)N23)cc1OC. The summed E-state index contributed by atoms with van der Waals surface area (Å²) in [6.07, 6.45) is 1.27. The van der Waals surface area contributed by atoms with Gasteiger partial charge in [-0.2, -0.15) is 0 Å². The van der Waals surface area contributed by atoms with Gasteiger partial charge in [0.1, 0.15) is 6.04 Å². The summed E-state index contributed by atoms with van der Waals surface area (Å²) in [7, 11) is 3.03. The molecule has 1 aromatic rings. The number of carbonyl (C=O) groups is 2. The van der Waals surface area contributed by atoms with Gasteiger partial charge < -0.3 is 19.7 Å². The molecule has 2 saturated heterocycles. The lowest BCUT2D eigenvalue weighted by Gasteiger charge is -2.30. The monoisotopic (exact) mass is 370 g/mol. The van der Waals surface area contributed by atoms with E-state index in [0.717, 1.165) is 6.42 Å². The average Bonchev–Trinajstić information content (AvgIpc) is 3.05. The topological polar surface area (TPSA) is 67.9 Å². The first kappa shape index (κ1) is 17.2. The molecule has 2 heterocycles. The van der Waals surface area contributed by atoms with Gasteiger partial charge >= 0.3 is 0 Å². The predicted octanol–water partition coefficient (Wildman–Crippen LogP) is 2.75. The fourth-order valence-electron chi connectivity index (χ4n) is 3.18. The molecule has 0 aromatic heterocycles. The maximum Gasteiger partial charge on any atom is 0.248 e. The second-order valence-electron chi connectivity index (χ2n) is 5.94. The molecule has 0 unspecified atom stereocenters. The summed E-state index contributed by atoms with van der Waals surface area (Å²) in [6, 6.07) is 2.72. The fourth-order valence-corrected chi connectivity index (χ4v) is 4.81. The first-order valence-corrected chi connectivity index (χ1v) is 8.94. The van der Waals surface area contributed by atoms with E-state index in [0.29, 0.717) is 34.4 Å². The number of carbonyl (C=O) groups excluding carboxylic acids is 2. The standard InChI is InChI=1S/C16H19ClN2O4S/c1-16-5-4-14(20)19(16)11(8-24-16)15(21)18-10-7-13(23-3)12(22-2)6-9(10)17/h6-7,11H,4-5,8H2,1-3H3,(H,18,21)/t11-,16+/m1/s1. The summed E-state index contributed by atoms with van der Waals surface area (Å²) >= 11 is 7.87. The van der Waals surface area contributed by atoms with Gasteiger partial charge in [0, 0.05) is 24.3 Å². The molecule has 0 spiro atoms. The molecule has 0 aliphatic carbocycles. The van der Waals surface area contributed by atoms with E-state index in [1.54, 1.807) is 28.8 Å². The maximum atomic E-state index is 12.7. The molecule has 3 rings (SSSR count). The Hall–Kier alpha value is -1.60. The highest BCUT2D eigenvalue weighted by molar-refractivity contribution is 8.01. The molecule has 24 heavy (non-hydrogen) atoms. The van der Waals surface area contributed by atoms with Gasteiger partial charge in [-0.1, -0.05) is 11.6 Å². The first-order valence-electron chi connectivity index (χ1n) is 7.58. The van der Waals surface area contributed by atoms with Crippen LogP contribution in [0.2, 0.25) is 5.02 Å². The minimum absolute atomic E-state index is 0.0288. The summed E-state index contributed by atoms with van der Waals surface area (Å²) < 4.78 is 10.4. The molecular weight excluding hydrogens is 352 g/mol. The van der Waals surface area contributed by atoms with E-state index in [1.807, 2.05) is 6.92 Å². The zero-order chi connectivity index (χ0) is 17.5. The van der Waals surface area contributed by atoms with Crippen molar-refractivity contribution in [3.8, 4) is 11.5 Å². The number of nitrogens with one attached hydrogen (secondary N) is 1. The Balaban J connectivity index is 1.82. The van der Waals surface area contributed by atoms with Crippen LogP contribution in [-0.2, 0) is 9.59 Å². The van der Waals surface area contributed by atoms with E-state index in [1.165, 1.54) is 14.2 Å². The van der Waals surface area contributed by atoms with Crippen LogP contribution in [0.5, 0.6) is 11.5 Å². The zero-order valence-corrected chi connectivity index (χ0v) is 15.3. The summed E-state index contributed by atoms with van der Waals surface area (Å²) in [5.41, 5.74) is 0.435. The molecule has 2 aliphatic heterocycles. The van der Waals surface area contributed by atoms with Crippen LogP contribution in [-0.4, -0.2) is 47.6 Å². The van der Waals surface area contributed by atoms with Crippen molar-refractivity contribution in [2.24, 2.45) is 0 Å². The molecular formula is C16H19ClN2O4S. The van der Waals surface area contributed by atoms with Crippen molar-refractivity contribution >= 4 is 40.9 Å². The molecule has 2 atom stereocenters. The minimum Gasteiger partial charge on any atom is -0.493 e. The van der Waals surface area contributed by atoms with Crippen LogP contribution in [0.15, 0.2) is 12.1 Å². The van der Waals surface area contributed by atoms with Crippen molar-refractivity contribution in [3.63, 3.8) is 0 Å². The number of benzene rings is 1. The van der Waals surface area contributed by atoms with Gasteiger partial charge in [0.25, 0.3) is 0 Å². The van der Waals surface area contributed by atoms with Crippen molar-refractivity contribution in [1.82, 2.24) is 4.90 Å². The molecule has 1 aromatic carbocycles. The van der Waals surface area contributed by atoms with Crippen molar-refractivity contribution < 1.29 is 19.1 Å². The number of fused-ring (bicyclic) bond motifs is 1. The van der Waals surface area contributed by atoms with Gasteiger partial charge in [-0.15, -0.1) is 11.8 Å². The number of amides is 2. The normalized spacial score (nSPS) is 25.6. The number of hydrogen-bond donors (Lipinski definition) is 1. The van der Waals surface area contributed by atoms with Gasteiger partial charge in [0.15, 0.2) is 11.5 Å². The lowest BCUT2D eigenvalue weighted by molar-refractivity contribution is -0.135. The molecule has 0 saturated carbocycles. The third-order valence-corrected chi connectivity index (χ3v) is 6.30. The number of thioether (sulfide) groups is 1. The van der Waals surface area contributed by atoms with E-state index in [4.69, 9.17) is 21.1 Å². The lowest BCUT2D eigenvalue weighted by atomic mass is 10.2. The van der Waals surface area contributed by atoms with E-state index < -0.39 is 6.04 Å². The highest BCUT2D eigenvalue weighted by atomic mass is 35.5. The second-order valence-corrected chi connectivity index (χ2v) is 7.85. The van der Waals surface area contributed by atoms with Crippen molar-refractivity contribution in [2.75, 3.05) is 25.3 Å². The average molecular weight is 371 g/mol. The molecule has 6 nitrogen and oxygen atoms in total. The highest BCUT2D eigenvalue weighted by Gasteiger charge is 2.52. The Bertz CT molecular complexity index is 699. The molecule has 0 bridgehead atoms. The minimum atomic E-state index is -0.487. The van der Waals surface area contributed by atoms with Gasteiger partial charge in [-0.3, -0.25) is 9.59 Å². The van der Waals surface area contributed by atoms with Crippen LogP contribution in [0.1, 0.15) is 19.8 Å². The third-order valence-electron chi connectivity index (χ3n) is 4.48. The van der Waals surface area contributed by atoms with Gasteiger partial charge in [-0.25, -0.2) is 0 Å². The number of methoxy groups -OCH3 is 2. The number of halogens is 1. The smallest absolute Gasteiger partial charge is 0.248 e. The molecule has 2 fully saturated rings. The number of anilines is 1. The summed E-state index contributed by atoms with van der Waals surface area (Å²) in [5, 5.41) is 3.16. The largest absolute Gasteiger partial charge is 0.493 e. The molecule has 0 radical (unpaired) electrons. The van der Waals surface area contributed by atoms with Crippen LogP contribution in [0.25, 0.3) is 0 Å². The highest BCUT2D eigenvalue weighted by Crippen LogP contribution is 2.47. The first-order chi connectivity index (χ1) is 11.4. The van der Waals surface area contributed by atoms with E-state index in [-0.39, 0.29) is 16.7 Å². The summed E-state index contributed by atoms with van der Waals surface area (Å²) in [5.74, 6) is 1.33. The molecule has 1 N–H and O–H groups in total. The van der Waals surface area contributed by atoms with Crippen LogP contribution < -0.4 is 14.8 Å². The fraction of sp³-hybridized carbons (Fsp3) is 0.500. The van der Waals surface area contributed by atoms with Gasteiger partial charge in [-0.05, 0) is 13.3 Å². The van der Waals surface area contributed by atoms with Crippen molar-refractivity contribution in [2.45, 2.75) is 30.7 Å². The van der Waals surface area contributed by atoms with Gasteiger partial charge in [0.05, 0.1) is 29.8 Å². The third kappa shape index (κ3) is 2.80. The van der Waals surface area contributed by atoms with Crippen molar-refractivity contribution in [3.05, 3.63) is 17.2 Å². The predicted molar refractivity (Wildman–Crippen MR) is 93.9 cm³/mol. The van der Waals surface area contributed by atoms with Crippen LogP contribution in [0.4, 0.5) is 5.69 Å². The van der Waals surface area contributed by atoms with Crippen LogP contribution in [0.3, 0.4) is 0 Å². The summed E-state index contributed by atoms with van der Waals surface area (Å²) in [4.78, 5) is 26.3. The van der Waals surface area contributed by atoms with Crippen molar-refractivity contribution in [1.29, 1.82) is 0 Å². The van der Waals surface area contributed by atoms with Gasteiger partial charge in [0.2, 0.25) is 11.8 Å². The Morgan fingerprint density at radius 3 is 2.71 bits per heavy atom. The van der Waals surface area contributed by atoms with Crippen LogP contribution in [0, 0.1) is 0 Å². The van der Waals surface area contributed by atoms with Crippen LogP contribution >= 0.6 is 23.4 Å². The number of nitrogens with zero attached hydrogens (tertiary/aromatic N) is 1. The zero-order valence-electron chi connectivity index (χ0n) is 13.7. The molecule has 130 valence electrons. The maximum absolute atomic E-state index is 12.7. The second kappa shape index (κ2) is 6.37. The molecule has 8 heteroatoms. The lowest BCUT2D eigenvalue weighted by Crippen LogP contribution is -2.48. The Morgan fingerprint density at radius 1 is 1.38 bits per heavy atom. The quantitative estimate of drug-likeness (QED) is 0.882. The van der Waals surface area contributed by atoms with E-state index >= 15 is 0 Å². The molecule has 2 amide bonds. The number of hydrogen-bond acceptors (Lipinski definition) is 5. The number of rotatable bonds is 4.